The third kappa shape index (κ3) is 4.89. The number of alkyl halides is 3. The Morgan fingerprint density at radius 1 is 0.962 bits per heavy atom. The molecule has 0 bridgehead atoms. The molecule has 0 aromatic heterocycles. The molecule has 1 aliphatic rings. The van der Waals surface area contributed by atoms with Crippen LogP contribution in [-0.4, -0.2) is 53.9 Å². The number of benzene rings is 1. The highest BCUT2D eigenvalue weighted by Crippen LogP contribution is 2.20. The van der Waals surface area contributed by atoms with Gasteiger partial charge in [-0.3, -0.25) is 10.2 Å². The zero-order valence-electron chi connectivity index (χ0n) is 13.7. The van der Waals surface area contributed by atoms with E-state index in [0.717, 1.165) is 11.0 Å². The van der Waals surface area contributed by atoms with Gasteiger partial charge in [0.25, 0.3) is 0 Å². The molecular formula is C16H17F6N3O. The van der Waals surface area contributed by atoms with Gasteiger partial charge in [-0.05, 0) is 24.5 Å². The van der Waals surface area contributed by atoms with Crippen molar-refractivity contribution in [2.24, 2.45) is 0 Å². The van der Waals surface area contributed by atoms with Crippen LogP contribution in [0.5, 0.6) is 0 Å². The summed E-state index contributed by atoms with van der Waals surface area (Å²) in [5, 5.41) is 7.07. The summed E-state index contributed by atoms with van der Waals surface area (Å²) >= 11 is 0. The lowest BCUT2D eigenvalue weighted by Crippen LogP contribution is -2.53. The van der Waals surface area contributed by atoms with Crippen LogP contribution in [0.3, 0.4) is 0 Å². The highest BCUT2D eigenvalue weighted by Gasteiger charge is 2.39. The number of carbonyl (C=O) groups excluding carboxylic acids is 1. The molecule has 0 atom stereocenters. The van der Waals surface area contributed by atoms with Crippen molar-refractivity contribution in [2.75, 3.05) is 26.2 Å². The molecule has 0 radical (unpaired) electrons. The van der Waals surface area contributed by atoms with Gasteiger partial charge in [-0.2, -0.15) is 13.2 Å². The Kier molecular flexibility index (Phi) is 6.14. The molecule has 26 heavy (non-hydrogen) atoms. The van der Waals surface area contributed by atoms with Crippen LogP contribution in [0.4, 0.5) is 26.3 Å². The fourth-order valence-electron chi connectivity index (χ4n) is 2.70. The summed E-state index contributed by atoms with van der Waals surface area (Å²) in [5.41, 5.74) is -0.0415. The number of amides is 1. The first-order valence-electron chi connectivity index (χ1n) is 7.91. The van der Waals surface area contributed by atoms with Crippen molar-refractivity contribution in [1.82, 2.24) is 9.80 Å². The number of aryl methyl sites for hydroxylation is 1. The van der Waals surface area contributed by atoms with Crippen molar-refractivity contribution in [1.29, 1.82) is 5.41 Å². The van der Waals surface area contributed by atoms with Gasteiger partial charge in [0.2, 0.25) is 11.7 Å². The average molecular weight is 381 g/mol. The molecule has 1 aromatic carbocycles. The van der Waals surface area contributed by atoms with Gasteiger partial charge in [0, 0.05) is 38.7 Å². The van der Waals surface area contributed by atoms with E-state index in [1.54, 1.807) is 0 Å². The summed E-state index contributed by atoms with van der Waals surface area (Å²) in [6, 6.07) is 1.19. The maximum absolute atomic E-state index is 13.5. The summed E-state index contributed by atoms with van der Waals surface area (Å²) in [6.07, 6.45) is -4.48. The minimum absolute atomic E-state index is 0.00908. The van der Waals surface area contributed by atoms with Crippen molar-refractivity contribution < 1.29 is 31.1 Å². The zero-order valence-corrected chi connectivity index (χ0v) is 13.7. The molecule has 1 fully saturated rings. The minimum atomic E-state index is -4.72. The minimum Gasteiger partial charge on any atom is -0.349 e. The number of nitrogens with one attached hydrogen (secondary N) is 1. The van der Waals surface area contributed by atoms with Gasteiger partial charge in [0.15, 0.2) is 11.6 Å². The molecule has 2 rings (SSSR count). The first-order valence-corrected chi connectivity index (χ1v) is 7.91. The number of hydrogen-bond donors (Lipinski definition) is 1. The van der Waals surface area contributed by atoms with Crippen molar-refractivity contribution in [3.05, 3.63) is 35.1 Å². The van der Waals surface area contributed by atoms with Gasteiger partial charge >= 0.3 is 6.18 Å². The maximum atomic E-state index is 13.5. The number of hydrogen-bond acceptors (Lipinski definition) is 2. The predicted octanol–water partition coefficient (Wildman–Crippen LogP) is 3.11. The van der Waals surface area contributed by atoms with Crippen molar-refractivity contribution in [2.45, 2.75) is 25.4 Å². The van der Waals surface area contributed by atoms with E-state index in [1.165, 1.54) is 4.90 Å². The van der Waals surface area contributed by atoms with Gasteiger partial charge in [-0.25, -0.2) is 13.2 Å². The van der Waals surface area contributed by atoms with Crippen LogP contribution in [0.15, 0.2) is 12.1 Å². The highest BCUT2D eigenvalue weighted by atomic mass is 19.4. The van der Waals surface area contributed by atoms with E-state index in [1.807, 2.05) is 0 Å². The van der Waals surface area contributed by atoms with Crippen LogP contribution in [0, 0.1) is 22.9 Å². The molecule has 0 saturated carbocycles. The standard InChI is InChI=1S/C16H17F6N3O/c17-11-9-13(19)12(18)8-10(11)2-1-3-14(26)24-4-6-25(7-5-24)15(23)16(20,21)22/h8-9,23H,1-7H2. The van der Waals surface area contributed by atoms with E-state index in [0.29, 0.717) is 6.07 Å². The van der Waals surface area contributed by atoms with Crippen molar-refractivity contribution in [3.63, 3.8) is 0 Å². The second-order valence-corrected chi connectivity index (χ2v) is 5.93. The Balaban J connectivity index is 1.80. The van der Waals surface area contributed by atoms with E-state index < -0.39 is 29.5 Å². The zero-order chi connectivity index (χ0) is 19.5. The van der Waals surface area contributed by atoms with Gasteiger partial charge in [0.1, 0.15) is 5.82 Å². The summed E-state index contributed by atoms with van der Waals surface area (Å²) in [4.78, 5) is 14.3. The molecule has 0 unspecified atom stereocenters. The molecule has 1 amide bonds. The Hall–Kier alpha value is -2.26. The van der Waals surface area contributed by atoms with Crippen LogP contribution < -0.4 is 0 Å². The summed E-state index contributed by atoms with van der Waals surface area (Å²) in [5.74, 6) is -5.10. The molecule has 0 spiro atoms. The number of rotatable bonds is 4. The molecule has 1 saturated heterocycles. The quantitative estimate of drug-likeness (QED) is 0.377. The lowest BCUT2D eigenvalue weighted by Gasteiger charge is -2.36. The number of amidine groups is 1. The second-order valence-electron chi connectivity index (χ2n) is 5.93. The Morgan fingerprint density at radius 3 is 2.08 bits per heavy atom. The Labute approximate surface area is 145 Å². The van der Waals surface area contributed by atoms with Gasteiger partial charge in [-0.1, -0.05) is 0 Å². The highest BCUT2D eigenvalue weighted by molar-refractivity contribution is 5.85. The first kappa shape index (κ1) is 20.1. The monoisotopic (exact) mass is 381 g/mol. The van der Waals surface area contributed by atoms with E-state index in [2.05, 4.69) is 0 Å². The first-order chi connectivity index (χ1) is 12.1. The second kappa shape index (κ2) is 7.96. The molecule has 1 aliphatic heterocycles. The topological polar surface area (TPSA) is 47.4 Å². The SMILES string of the molecule is N=C(N1CCN(C(=O)CCCc2cc(F)c(F)cc2F)CC1)C(F)(F)F. The van der Waals surface area contributed by atoms with Crippen molar-refractivity contribution >= 4 is 11.7 Å². The molecule has 4 nitrogen and oxygen atoms in total. The third-order valence-corrected chi connectivity index (χ3v) is 4.14. The molecule has 0 aliphatic carbocycles. The number of piperazine rings is 1. The van der Waals surface area contributed by atoms with Gasteiger partial charge in [-0.15, -0.1) is 0 Å². The number of carbonyl (C=O) groups is 1. The van der Waals surface area contributed by atoms with Gasteiger partial charge in [0.05, 0.1) is 0 Å². The molecular weight excluding hydrogens is 364 g/mol. The van der Waals surface area contributed by atoms with E-state index in [9.17, 15) is 31.1 Å². The fourth-order valence-corrected chi connectivity index (χ4v) is 2.70. The van der Waals surface area contributed by atoms with Crippen LogP contribution in [-0.2, 0) is 11.2 Å². The third-order valence-electron chi connectivity index (χ3n) is 4.14. The number of halogens is 6. The largest absolute Gasteiger partial charge is 0.448 e. The summed E-state index contributed by atoms with van der Waals surface area (Å²) in [6.45, 7) is -0.0859. The van der Waals surface area contributed by atoms with Gasteiger partial charge < -0.3 is 9.80 Å². The molecule has 144 valence electrons. The summed E-state index contributed by atoms with van der Waals surface area (Å²) < 4.78 is 76.9. The van der Waals surface area contributed by atoms with Crippen LogP contribution in [0.1, 0.15) is 18.4 Å². The molecule has 1 N–H and O–H groups in total. The Morgan fingerprint density at radius 2 is 1.50 bits per heavy atom. The van der Waals surface area contributed by atoms with E-state index in [4.69, 9.17) is 5.41 Å². The Bertz CT molecular complexity index is 683. The predicted molar refractivity (Wildman–Crippen MR) is 81.2 cm³/mol. The maximum Gasteiger partial charge on any atom is 0.448 e. The van der Waals surface area contributed by atoms with E-state index >= 15 is 0 Å². The van der Waals surface area contributed by atoms with Crippen molar-refractivity contribution in [3.8, 4) is 0 Å². The average Bonchev–Trinajstić information content (AvgIpc) is 2.58. The van der Waals surface area contributed by atoms with Crippen LogP contribution in [0.25, 0.3) is 0 Å². The molecule has 1 heterocycles. The van der Waals surface area contributed by atoms with E-state index in [-0.39, 0.29) is 56.9 Å². The van der Waals surface area contributed by atoms with Crippen LogP contribution >= 0.6 is 0 Å². The van der Waals surface area contributed by atoms with Crippen LogP contribution in [0.2, 0.25) is 0 Å². The molecule has 10 heteroatoms. The lowest BCUT2D eigenvalue weighted by atomic mass is 10.1. The summed E-state index contributed by atoms with van der Waals surface area (Å²) in [7, 11) is 0. The fraction of sp³-hybridized carbons (Fsp3) is 0.500. The smallest absolute Gasteiger partial charge is 0.349 e. The number of nitrogens with zero attached hydrogens (tertiary/aromatic N) is 2. The normalized spacial score (nSPS) is 15.3. The lowest BCUT2D eigenvalue weighted by molar-refractivity contribution is -0.132. The molecule has 1 aromatic rings.